The molecule has 224 valence electrons. The number of Topliss-reactive ketones (excluding diaryl/α,β-unsaturated/α-hetero) is 2. The van der Waals surface area contributed by atoms with Crippen LogP contribution in [0.15, 0.2) is 59.0 Å². The molecule has 17 heteroatoms. The van der Waals surface area contributed by atoms with E-state index in [4.69, 9.17) is 4.52 Å². The fourth-order valence-electron chi connectivity index (χ4n) is 3.64. The number of hydrogen-bond donors (Lipinski definition) is 1. The number of aromatic amines is 1. The highest BCUT2D eigenvalue weighted by atomic mass is 19.4. The summed E-state index contributed by atoms with van der Waals surface area (Å²) in [5.41, 5.74) is 3.64. The van der Waals surface area contributed by atoms with Gasteiger partial charge in [0, 0.05) is 23.4 Å². The minimum absolute atomic E-state index is 0.162. The van der Waals surface area contributed by atoms with Crippen LogP contribution in [-0.2, 0) is 9.59 Å². The molecule has 0 unspecified atom stereocenters. The summed E-state index contributed by atoms with van der Waals surface area (Å²) in [5, 5.41) is 10.8. The van der Waals surface area contributed by atoms with Crippen LogP contribution in [0.5, 0.6) is 0 Å². The first-order valence-electron chi connectivity index (χ1n) is 11.7. The molecular weight excluding hydrogens is 596 g/mol. The molecule has 0 fully saturated rings. The molecule has 0 bridgehead atoms. The van der Waals surface area contributed by atoms with Crippen molar-refractivity contribution in [2.24, 2.45) is 0 Å². The maximum atomic E-state index is 14.4. The van der Waals surface area contributed by atoms with E-state index in [1.54, 1.807) is 28.9 Å². The Morgan fingerprint density at radius 2 is 1.56 bits per heavy atom. The summed E-state index contributed by atoms with van der Waals surface area (Å²) in [6.45, 7) is 3.87. The van der Waals surface area contributed by atoms with E-state index in [0.717, 1.165) is 5.57 Å². The lowest BCUT2D eigenvalue weighted by molar-refractivity contribution is -0.193. The number of alkyl halides is 6. The molecule has 1 aromatic carbocycles. The number of ketones is 2. The molecule has 0 spiro atoms. The molecule has 5 aromatic rings. The molecule has 4 heterocycles. The Labute approximate surface area is 234 Å². The van der Waals surface area contributed by atoms with Crippen LogP contribution < -0.4 is 0 Å². The van der Waals surface area contributed by atoms with Crippen molar-refractivity contribution < 1.29 is 49.2 Å². The summed E-state index contributed by atoms with van der Waals surface area (Å²) < 4.78 is 103. The fourth-order valence-corrected chi connectivity index (χ4v) is 3.64. The van der Waals surface area contributed by atoms with Crippen LogP contribution >= 0.6 is 0 Å². The Hall–Kier alpha value is -5.22. The Bertz CT molecular complexity index is 1800. The highest BCUT2D eigenvalue weighted by Gasteiger charge is 2.54. The first-order chi connectivity index (χ1) is 20.1. The van der Waals surface area contributed by atoms with Gasteiger partial charge in [-0.3, -0.25) is 19.1 Å². The molecule has 43 heavy (non-hydrogen) atoms. The van der Waals surface area contributed by atoms with E-state index in [-0.39, 0.29) is 11.3 Å². The van der Waals surface area contributed by atoms with Gasteiger partial charge in [-0.2, -0.15) is 36.4 Å². The number of rotatable bonds is 5. The smallest absolute Gasteiger partial charge is 0.334 e. The van der Waals surface area contributed by atoms with Gasteiger partial charge in [0.1, 0.15) is 23.0 Å². The van der Waals surface area contributed by atoms with Gasteiger partial charge < -0.3 is 4.52 Å². The Morgan fingerprint density at radius 1 is 0.930 bits per heavy atom. The number of allylic oxidation sites excluding steroid dienone is 1. The molecule has 5 rings (SSSR count). The lowest BCUT2D eigenvalue weighted by atomic mass is 10.0. The van der Waals surface area contributed by atoms with Gasteiger partial charge >= 0.3 is 23.9 Å². The van der Waals surface area contributed by atoms with Crippen LogP contribution in [0.2, 0.25) is 0 Å². The molecule has 0 saturated carbocycles. The molecule has 0 aliphatic heterocycles. The third-order valence-electron chi connectivity index (χ3n) is 5.47. The van der Waals surface area contributed by atoms with E-state index in [1.165, 1.54) is 24.4 Å². The quantitative estimate of drug-likeness (QED) is 0.180. The number of carbonyl (C=O) groups excluding carboxylic acids is 2. The lowest BCUT2D eigenvalue weighted by Gasteiger charge is -2.07. The second kappa shape index (κ2) is 11.6. The summed E-state index contributed by atoms with van der Waals surface area (Å²) in [4.78, 5) is 28.0. The third kappa shape index (κ3) is 6.65. The molecular formula is C26H16F8N6O3. The van der Waals surface area contributed by atoms with Crippen molar-refractivity contribution in [2.45, 2.75) is 26.2 Å². The Kier molecular flexibility index (Phi) is 8.27. The number of pyridine rings is 1. The zero-order valence-corrected chi connectivity index (χ0v) is 21.7. The number of aromatic nitrogens is 6. The van der Waals surface area contributed by atoms with Crippen molar-refractivity contribution in [3.8, 4) is 33.9 Å². The average molecular weight is 612 g/mol. The minimum atomic E-state index is -5.77. The maximum Gasteiger partial charge on any atom is 0.458 e. The van der Waals surface area contributed by atoms with Gasteiger partial charge in [0.05, 0.1) is 23.7 Å². The maximum absolute atomic E-state index is 14.4. The monoisotopic (exact) mass is 612 g/mol. The Balaban J connectivity index is 0.000000301. The molecule has 0 saturated heterocycles. The van der Waals surface area contributed by atoms with Crippen molar-refractivity contribution in [2.75, 3.05) is 0 Å². The van der Waals surface area contributed by atoms with Gasteiger partial charge in [0.2, 0.25) is 5.82 Å². The molecule has 9 nitrogen and oxygen atoms in total. The highest BCUT2D eigenvalue weighted by molar-refractivity contribution is 6.41. The summed E-state index contributed by atoms with van der Waals surface area (Å²) >= 11 is 0. The molecule has 0 aliphatic carbocycles. The lowest BCUT2D eigenvalue weighted by Crippen LogP contribution is -2.39. The number of nitrogens with one attached hydrogen (secondary N) is 1. The molecule has 0 aliphatic rings. The zero-order valence-electron chi connectivity index (χ0n) is 21.7. The number of H-pyrrole nitrogens is 1. The fraction of sp³-hybridized carbons (Fsp3) is 0.154. The third-order valence-corrected chi connectivity index (χ3v) is 5.47. The van der Waals surface area contributed by atoms with Gasteiger partial charge in [-0.15, -0.1) is 0 Å². The number of benzene rings is 1. The van der Waals surface area contributed by atoms with E-state index in [9.17, 15) is 44.7 Å². The predicted octanol–water partition coefficient (Wildman–Crippen LogP) is 6.39. The summed E-state index contributed by atoms with van der Waals surface area (Å²) in [7, 11) is 0. The van der Waals surface area contributed by atoms with Gasteiger partial charge in [-0.1, -0.05) is 16.8 Å². The summed E-state index contributed by atoms with van der Waals surface area (Å²) in [5.74, 6) is -7.38. The van der Waals surface area contributed by atoms with Crippen LogP contribution in [0, 0.1) is 11.6 Å². The SMILES string of the molecule is CC(C)=Cc1nc(-c2cnc3ccc(-c4cn[nH]c4-c4c(F)cccc4F)cn23)no1.O=C(C(=O)C(F)(F)F)C(F)(F)F. The van der Waals surface area contributed by atoms with E-state index in [1.807, 2.05) is 19.9 Å². The number of nitrogens with zero attached hydrogens (tertiary/aromatic N) is 5. The van der Waals surface area contributed by atoms with Gasteiger partial charge in [-0.25, -0.2) is 13.8 Å². The van der Waals surface area contributed by atoms with Crippen molar-refractivity contribution in [1.82, 2.24) is 29.7 Å². The molecule has 4 aromatic heterocycles. The van der Waals surface area contributed by atoms with Crippen LogP contribution in [0.25, 0.3) is 45.6 Å². The largest absolute Gasteiger partial charge is 0.458 e. The van der Waals surface area contributed by atoms with Crippen LogP contribution in [0.3, 0.4) is 0 Å². The number of hydrogen-bond acceptors (Lipinski definition) is 7. The van der Waals surface area contributed by atoms with Crippen LogP contribution in [0.1, 0.15) is 19.7 Å². The van der Waals surface area contributed by atoms with Crippen molar-refractivity contribution in [1.29, 1.82) is 0 Å². The highest BCUT2D eigenvalue weighted by Crippen LogP contribution is 2.34. The molecule has 0 atom stereocenters. The Morgan fingerprint density at radius 3 is 2.14 bits per heavy atom. The topological polar surface area (TPSA) is 119 Å². The minimum Gasteiger partial charge on any atom is -0.334 e. The molecule has 1 N–H and O–H groups in total. The normalized spacial score (nSPS) is 11.7. The van der Waals surface area contributed by atoms with Crippen molar-refractivity contribution in [3.05, 3.63) is 72.0 Å². The standard InChI is InChI=1S/C22H16F2N6O.C4F6O2/c1-12(2)8-19-27-22(29-31-19)17-10-25-18-7-6-13(11-30(17)18)14-9-26-28-21(14)20-15(23)4-3-5-16(20)24;5-3(6,7)1(11)2(12)4(8,9)10/h3-11H,1-2H3,(H,26,28);. The summed E-state index contributed by atoms with van der Waals surface area (Å²) in [6.07, 6.45) is -4.80. The van der Waals surface area contributed by atoms with E-state index >= 15 is 0 Å². The van der Waals surface area contributed by atoms with Gasteiger partial charge in [-0.05, 0) is 38.1 Å². The van der Waals surface area contributed by atoms with Gasteiger partial charge in [0.25, 0.3) is 5.89 Å². The first-order valence-corrected chi connectivity index (χ1v) is 11.7. The number of halogens is 8. The number of imidazole rings is 1. The average Bonchev–Trinajstić information content (AvgIpc) is 3.66. The van der Waals surface area contributed by atoms with E-state index in [0.29, 0.717) is 34.2 Å². The van der Waals surface area contributed by atoms with E-state index < -0.39 is 35.6 Å². The number of carbonyl (C=O) groups is 2. The predicted molar refractivity (Wildman–Crippen MR) is 133 cm³/mol. The van der Waals surface area contributed by atoms with Crippen LogP contribution in [0.4, 0.5) is 35.1 Å². The second-order valence-corrected chi connectivity index (χ2v) is 8.88. The second-order valence-electron chi connectivity index (χ2n) is 8.88. The van der Waals surface area contributed by atoms with Crippen molar-refractivity contribution >= 4 is 23.3 Å². The molecule has 0 amide bonds. The first kappa shape index (κ1) is 30.7. The van der Waals surface area contributed by atoms with E-state index in [2.05, 4.69) is 25.3 Å². The molecule has 0 radical (unpaired) electrons. The zero-order chi connectivity index (χ0) is 31.7. The van der Waals surface area contributed by atoms with Gasteiger partial charge in [0.15, 0.2) is 0 Å². The van der Waals surface area contributed by atoms with Crippen molar-refractivity contribution in [3.63, 3.8) is 0 Å². The number of fused-ring (bicyclic) bond motifs is 1. The van der Waals surface area contributed by atoms with Crippen LogP contribution in [-0.4, -0.2) is 53.6 Å². The summed E-state index contributed by atoms with van der Waals surface area (Å²) in [6, 6.07) is 7.35.